The molecule has 0 aromatic carbocycles. The van der Waals surface area contributed by atoms with Crippen LogP contribution in [0.15, 0.2) is 35.5 Å². The van der Waals surface area contributed by atoms with Crippen LogP contribution in [0.25, 0.3) is 0 Å². The predicted molar refractivity (Wildman–Crippen MR) is 88.6 cm³/mol. The third kappa shape index (κ3) is 4.12. The van der Waals surface area contributed by atoms with Crippen molar-refractivity contribution in [2.24, 2.45) is 11.8 Å². The lowest BCUT2D eigenvalue weighted by Gasteiger charge is -2.25. The maximum absolute atomic E-state index is 12.0. The summed E-state index contributed by atoms with van der Waals surface area (Å²) in [6.45, 7) is 11.5. The zero-order valence-electron chi connectivity index (χ0n) is 14.4. The van der Waals surface area contributed by atoms with Crippen LogP contribution in [0.4, 0.5) is 0 Å². The summed E-state index contributed by atoms with van der Waals surface area (Å²) in [6, 6.07) is 0. The van der Waals surface area contributed by atoms with Gasteiger partial charge in [-0.2, -0.15) is 0 Å². The molecular weight excluding hydrogens is 292 g/mol. The van der Waals surface area contributed by atoms with Gasteiger partial charge in [0, 0.05) is 11.5 Å². The highest BCUT2D eigenvalue weighted by atomic mass is 16.6. The van der Waals surface area contributed by atoms with Crippen LogP contribution >= 0.6 is 0 Å². The smallest absolute Gasteiger partial charge is 0.334 e. The van der Waals surface area contributed by atoms with E-state index in [1.54, 1.807) is 0 Å². The highest BCUT2D eigenvalue weighted by molar-refractivity contribution is 5.91. The molecule has 23 heavy (non-hydrogen) atoms. The van der Waals surface area contributed by atoms with Crippen LogP contribution in [0.3, 0.4) is 0 Å². The van der Waals surface area contributed by atoms with Crippen molar-refractivity contribution in [1.82, 2.24) is 0 Å². The van der Waals surface area contributed by atoms with E-state index in [4.69, 9.17) is 9.47 Å². The number of hydrogen-bond acceptors (Lipinski definition) is 4. The Morgan fingerprint density at radius 3 is 2.74 bits per heavy atom. The van der Waals surface area contributed by atoms with Gasteiger partial charge in [-0.15, -0.1) is 0 Å². The molecule has 2 aliphatic rings. The van der Waals surface area contributed by atoms with Crippen molar-refractivity contribution in [3.8, 4) is 0 Å². The molecule has 0 radical (unpaired) electrons. The van der Waals surface area contributed by atoms with Crippen LogP contribution in [0.5, 0.6) is 0 Å². The number of carbonyl (C=O) groups is 2. The molecule has 126 valence electrons. The molecule has 1 aliphatic carbocycles. The number of fused-ring (bicyclic) bond motifs is 1. The normalized spacial score (nSPS) is 33.2. The van der Waals surface area contributed by atoms with Crippen molar-refractivity contribution in [1.29, 1.82) is 0 Å². The Morgan fingerprint density at radius 1 is 1.39 bits per heavy atom. The summed E-state index contributed by atoms with van der Waals surface area (Å²) in [5, 5.41) is 0. The number of esters is 2. The summed E-state index contributed by atoms with van der Waals surface area (Å²) < 4.78 is 11.1. The highest BCUT2D eigenvalue weighted by Gasteiger charge is 2.40. The van der Waals surface area contributed by atoms with Gasteiger partial charge in [0.25, 0.3) is 0 Å². The van der Waals surface area contributed by atoms with Gasteiger partial charge in [-0.25, -0.2) is 4.79 Å². The van der Waals surface area contributed by atoms with Gasteiger partial charge in [0.15, 0.2) is 0 Å². The average Bonchev–Trinajstić information content (AvgIpc) is 2.73. The third-order valence-corrected chi connectivity index (χ3v) is 4.51. The Kier molecular flexibility index (Phi) is 5.45. The Labute approximate surface area is 138 Å². The Bertz CT molecular complexity index is 568. The zero-order chi connectivity index (χ0) is 17.1. The number of rotatable bonds is 2. The molecule has 0 aromatic rings. The molecule has 0 N–H and O–H groups in total. The van der Waals surface area contributed by atoms with Crippen LogP contribution < -0.4 is 0 Å². The molecule has 4 heteroatoms. The monoisotopic (exact) mass is 318 g/mol. The van der Waals surface area contributed by atoms with Crippen molar-refractivity contribution in [2.75, 3.05) is 0 Å². The van der Waals surface area contributed by atoms with Gasteiger partial charge in [-0.05, 0) is 44.8 Å². The molecule has 0 bridgehead atoms. The first-order valence-corrected chi connectivity index (χ1v) is 8.23. The molecule has 1 heterocycles. The lowest BCUT2D eigenvalue weighted by Crippen LogP contribution is -2.28. The maximum Gasteiger partial charge on any atom is 0.334 e. The molecule has 1 fully saturated rings. The molecule has 4 nitrogen and oxygen atoms in total. The Hall–Kier alpha value is -1.84. The second-order valence-corrected chi connectivity index (χ2v) is 6.82. The number of hydrogen-bond donors (Lipinski definition) is 0. The van der Waals surface area contributed by atoms with Crippen LogP contribution in [-0.4, -0.2) is 24.1 Å². The quantitative estimate of drug-likeness (QED) is 0.442. The van der Waals surface area contributed by atoms with E-state index in [9.17, 15) is 9.59 Å². The predicted octanol–water partition coefficient (Wildman–Crippen LogP) is 3.73. The number of allylic oxidation sites excluding steroid dienone is 2. The number of carbonyl (C=O) groups excluding carboxylic acids is 2. The fourth-order valence-corrected chi connectivity index (χ4v) is 2.91. The summed E-state index contributed by atoms with van der Waals surface area (Å²) in [5.74, 6) is -0.900. The molecule has 0 spiro atoms. The highest BCUT2D eigenvalue weighted by Crippen LogP contribution is 2.35. The molecule has 3 atom stereocenters. The summed E-state index contributed by atoms with van der Waals surface area (Å²) >= 11 is 0. The lowest BCUT2D eigenvalue weighted by molar-refractivity contribution is -0.152. The second-order valence-electron chi connectivity index (χ2n) is 6.82. The second kappa shape index (κ2) is 7.16. The van der Waals surface area contributed by atoms with Crippen molar-refractivity contribution < 1.29 is 19.1 Å². The van der Waals surface area contributed by atoms with E-state index in [1.807, 2.05) is 33.8 Å². The molecule has 1 aliphatic heterocycles. The Morgan fingerprint density at radius 2 is 2.09 bits per heavy atom. The fourth-order valence-electron chi connectivity index (χ4n) is 2.91. The van der Waals surface area contributed by atoms with Gasteiger partial charge in [0.05, 0.1) is 5.92 Å². The minimum Gasteiger partial charge on any atom is -0.458 e. The molecule has 0 aromatic heterocycles. The summed E-state index contributed by atoms with van der Waals surface area (Å²) in [5.41, 5.74) is 2.70. The van der Waals surface area contributed by atoms with Crippen LogP contribution in [0.2, 0.25) is 0 Å². The molecular formula is C19H26O4. The topological polar surface area (TPSA) is 52.6 Å². The summed E-state index contributed by atoms with van der Waals surface area (Å²) in [4.78, 5) is 23.9. The van der Waals surface area contributed by atoms with Gasteiger partial charge in [-0.1, -0.05) is 32.1 Å². The van der Waals surface area contributed by atoms with Gasteiger partial charge in [-0.3, -0.25) is 4.79 Å². The van der Waals surface area contributed by atoms with Gasteiger partial charge >= 0.3 is 11.9 Å². The van der Waals surface area contributed by atoms with E-state index in [1.165, 1.54) is 5.57 Å². The first kappa shape index (κ1) is 17.5. The van der Waals surface area contributed by atoms with E-state index >= 15 is 0 Å². The largest absolute Gasteiger partial charge is 0.458 e. The van der Waals surface area contributed by atoms with E-state index in [-0.39, 0.29) is 36.0 Å². The third-order valence-electron chi connectivity index (χ3n) is 4.51. The fraction of sp³-hybridized carbons (Fsp3) is 0.579. The zero-order valence-corrected chi connectivity index (χ0v) is 14.4. The van der Waals surface area contributed by atoms with E-state index < -0.39 is 0 Å². The first-order valence-electron chi connectivity index (χ1n) is 8.23. The van der Waals surface area contributed by atoms with E-state index in [0.717, 1.165) is 18.4 Å². The van der Waals surface area contributed by atoms with Crippen molar-refractivity contribution in [2.45, 2.75) is 59.2 Å². The van der Waals surface area contributed by atoms with Crippen molar-refractivity contribution >= 4 is 11.9 Å². The lowest BCUT2D eigenvalue weighted by atomic mass is 9.86. The molecule has 0 amide bonds. The standard InChI is InChI=1S/C19H26O4/c1-11(2)18(20)22-16-10-15-14(5)19(21)23-17(15)9-12(3)7-6-8-13(16)4/h8-9,11,15-17H,5-7,10H2,1-4H3/b12-9+,13-8+. The van der Waals surface area contributed by atoms with Crippen LogP contribution in [-0.2, 0) is 19.1 Å². The minimum atomic E-state index is -0.348. The SMILES string of the molecule is C=C1C(=O)OC2/C=C(\C)CC/C=C(\C)C(OC(=O)C(C)C)CC12. The first-order chi connectivity index (χ1) is 10.8. The van der Waals surface area contributed by atoms with Gasteiger partial charge in [0.1, 0.15) is 12.2 Å². The van der Waals surface area contributed by atoms with Crippen LogP contribution in [0, 0.1) is 11.8 Å². The average molecular weight is 318 g/mol. The molecule has 3 unspecified atom stereocenters. The maximum atomic E-state index is 12.0. The van der Waals surface area contributed by atoms with Crippen molar-refractivity contribution in [3.05, 3.63) is 35.5 Å². The summed E-state index contributed by atoms with van der Waals surface area (Å²) in [6.07, 6.45) is 5.80. The Balaban J connectivity index is 2.29. The van der Waals surface area contributed by atoms with Crippen LogP contribution in [0.1, 0.15) is 47.0 Å². The number of ether oxygens (including phenoxy) is 2. The summed E-state index contributed by atoms with van der Waals surface area (Å²) in [7, 11) is 0. The van der Waals surface area contributed by atoms with E-state index in [0.29, 0.717) is 12.0 Å². The molecule has 2 rings (SSSR count). The minimum absolute atomic E-state index is 0.149. The van der Waals surface area contributed by atoms with Crippen molar-refractivity contribution in [3.63, 3.8) is 0 Å². The van der Waals surface area contributed by atoms with Gasteiger partial charge < -0.3 is 9.47 Å². The van der Waals surface area contributed by atoms with E-state index in [2.05, 4.69) is 12.7 Å². The molecule has 0 saturated carbocycles. The molecule has 1 saturated heterocycles. The van der Waals surface area contributed by atoms with Gasteiger partial charge in [0.2, 0.25) is 0 Å².